The minimum atomic E-state index is -1.35. The van der Waals surface area contributed by atoms with Crippen molar-refractivity contribution in [2.24, 2.45) is 7.05 Å². The number of nitrogen functional groups attached to an aromatic ring is 1. The fraction of sp³-hybridized carbons (Fsp3) is 0.600. The van der Waals surface area contributed by atoms with E-state index in [2.05, 4.69) is 10.4 Å². The first-order valence-corrected chi connectivity index (χ1v) is 5.19. The fourth-order valence-corrected chi connectivity index (χ4v) is 1.35. The monoisotopic (exact) mass is 242 g/mol. The summed E-state index contributed by atoms with van der Waals surface area (Å²) in [5.41, 5.74) is 5.51. The minimum Gasteiger partial charge on any atom is -0.395 e. The van der Waals surface area contributed by atoms with Gasteiger partial charge < -0.3 is 21.3 Å². The van der Waals surface area contributed by atoms with Crippen molar-refractivity contribution >= 4 is 11.6 Å². The van der Waals surface area contributed by atoms with E-state index in [1.54, 1.807) is 14.0 Å². The number of hydrogen-bond donors (Lipinski definition) is 4. The van der Waals surface area contributed by atoms with Crippen LogP contribution in [0.2, 0.25) is 0 Å². The lowest BCUT2D eigenvalue weighted by atomic mass is 10.1. The van der Waals surface area contributed by atoms with Crippen molar-refractivity contribution < 1.29 is 15.0 Å². The van der Waals surface area contributed by atoms with E-state index in [4.69, 9.17) is 10.8 Å². The van der Waals surface area contributed by atoms with E-state index in [0.717, 1.165) is 0 Å². The zero-order valence-corrected chi connectivity index (χ0v) is 10.2. The number of carbonyl (C=O) groups is 1. The highest BCUT2D eigenvalue weighted by atomic mass is 16.3. The summed E-state index contributed by atoms with van der Waals surface area (Å²) in [4.78, 5) is 11.8. The topological polar surface area (TPSA) is 113 Å². The van der Waals surface area contributed by atoms with Gasteiger partial charge in [-0.05, 0) is 13.8 Å². The minimum absolute atomic E-state index is 0.0635. The van der Waals surface area contributed by atoms with Gasteiger partial charge in [-0.15, -0.1) is 0 Å². The van der Waals surface area contributed by atoms with Crippen LogP contribution in [0, 0.1) is 6.92 Å². The van der Waals surface area contributed by atoms with E-state index in [0.29, 0.717) is 11.4 Å². The molecule has 1 rings (SSSR count). The van der Waals surface area contributed by atoms with Crippen LogP contribution < -0.4 is 11.1 Å². The molecule has 96 valence electrons. The smallest absolute Gasteiger partial charge is 0.271 e. The molecule has 7 heteroatoms. The van der Waals surface area contributed by atoms with Gasteiger partial charge in [0.25, 0.3) is 5.91 Å². The second-order valence-electron chi connectivity index (χ2n) is 4.31. The molecule has 17 heavy (non-hydrogen) atoms. The Bertz CT molecular complexity index is 425. The Morgan fingerprint density at radius 3 is 2.65 bits per heavy atom. The zero-order valence-electron chi connectivity index (χ0n) is 10.2. The van der Waals surface area contributed by atoms with Crippen LogP contribution in [0.5, 0.6) is 0 Å². The second kappa shape index (κ2) is 4.72. The molecule has 1 amide bonds. The van der Waals surface area contributed by atoms with Crippen LogP contribution in [0.3, 0.4) is 0 Å². The number of amides is 1. The van der Waals surface area contributed by atoms with E-state index < -0.39 is 18.1 Å². The quantitative estimate of drug-likeness (QED) is 0.529. The number of aromatic nitrogens is 2. The number of aliphatic hydroxyl groups is 2. The van der Waals surface area contributed by atoms with Gasteiger partial charge in [-0.1, -0.05) is 0 Å². The van der Waals surface area contributed by atoms with Crippen molar-refractivity contribution in [1.82, 2.24) is 15.1 Å². The first kappa shape index (κ1) is 13.5. The van der Waals surface area contributed by atoms with Gasteiger partial charge in [-0.2, -0.15) is 5.10 Å². The van der Waals surface area contributed by atoms with E-state index in [-0.39, 0.29) is 12.2 Å². The van der Waals surface area contributed by atoms with Crippen LogP contribution in [0.25, 0.3) is 0 Å². The van der Waals surface area contributed by atoms with Gasteiger partial charge in [-0.25, -0.2) is 0 Å². The molecule has 1 aromatic rings. The number of aliphatic hydroxyl groups excluding tert-OH is 1. The molecule has 5 N–H and O–H groups in total. The van der Waals surface area contributed by atoms with E-state index in [1.165, 1.54) is 11.6 Å². The van der Waals surface area contributed by atoms with Gasteiger partial charge in [0, 0.05) is 13.6 Å². The Morgan fingerprint density at radius 1 is 1.65 bits per heavy atom. The molecule has 0 saturated carbocycles. The highest BCUT2D eigenvalue weighted by Crippen LogP contribution is 2.15. The second-order valence-corrected chi connectivity index (χ2v) is 4.31. The van der Waals surface area contributed by atoms with Gasteiger partial charge in [0.05, 0.1) is 18.0 Å². The molecule has 1 unspecified atom stereocenters. The maximum atomic E-state index is 11.8. The predicted molar refractivity (Wildman–Crippen MR) is 62.4 cm³/mol. The zero-order chi connectivity index (χ0) is 13.2. The van der Waals surface area contributed by atoms with Crippen LogP contribution >= 0.6 is 0 Å². The summed E-state index contributed by atoms with van der Waals surface area (Å²) in [6.45, 7) is 2.63. The summed E-state index contributed by atoms with van der Waals surface area (Å²) in [6.07, 6.45) is 0. The molecule has 0 spiro atoms. The number of nitrogens with one attached hydrogen (secondary N) is 1. The molecule has 0 radical (unpaired) electrons. The molecule has 0 aliphatic carbocycles. The highest BCUT2D eigenvalue weighted by Gasteiger charge is 2.23. The third-order valence-corrected chi connectivity index (χ3v) is 2.45. The van der Waals surface area contributed by atoms with Crippen molar-refractivity contribution in [3.63, 3.8) is 0 Å². The van der Waals surface area contributed by atoms with Crippen LogP contribution in [0.15, 0.2) is 0 Å². The third kappa shape index (κ3) is 2.95. The van der Waals surface area contributed by atoms with Gasteiger partial charge in [0.15, 0.2) is 0 Å². The summed E-state index contributed by atoms with van der Waals surface area (Å²) in [6, 6.07) is 0. The number of hydrogen-bond acceptors (Lipinski definition) is 5. The summed E-state index contributed by atoms with van der Waals surface area (Å²) < 4.78 is 1.38. The maximum Gasteiger partial charge on any atom is 0.271 e. The van der Waals surface area contributed by atoms with E-state index in [9.17, 15) is 9.90 Å². The Kier molecular flexibility index (Phi) is 3.74. The van der Waals surface area contributed by atoms with Crippen molar-refractivity contribution in [2.45, 2.75) is 19.4 Å². The van der Waals surface area contributed by atoms with Crippen LogP contribution in [0.1, 0.15) is 23.1 Å². The summed E-state index contributed by atoms with van der Waals surface area (Å²) in [5.74, 6) is -0.431. The highest BCUT2D eigenvalue weighted by molar-refractivity contribution is 5.97. The number of aryl methyl sites for hydroxylation is 2. The standard InChI is InChI=1S/C10H18N4O3/c1-6-7(11)8(14(3)13-6)9(16)12-4-10(2,17)5-15/h15,17H,4-5,11H2,1-3H3,(H,12,16). The lowest BCUT2D eigenvalue weighted by molar-refractivity contribution is 0.00313. The number of rotatable bonds is 4. The summed E-state index contributed by atoms with van der Waals surface area (Å²) in [5, 5.41) is 24.9. The Morgan fingerprint density at radius 2 is 2.24 bits per heavy atom. The molecule has 0 bridgehead atoms. The molecule has 1 heterocycles. The van der Waals surface area contributed by atoms with Crippen LogP contribution in [0.4, 0.5) is 5.69 Å². The Labute approximate surface area is 99.2 Å². The lowest BCUT2D eigenvalue weighted by Crippen LogP contribution is -2.43. The van der Waals surface area contributed by atoms with Crippen LogP contribution in [-0.2, 0) is 7.05 Å². The lowest BCUT2D eigenvalue weighted by Gasteiger charge is -2.20. The first-order chi connectivity index (χ1) is 7.78. The summed E-state index contributed by atoms with van der Waals surface area (Å²) >= 11 is 0. The van der Waals surface area contributed by atoms with Crippen molar-refractivity contribution in [2.75, 3.05) is 18.9 Å². The Hall–Kier alpha value is -1.60. The Balaban J connectivity index is 2.78. The molecular formula is C10H18N4O3. The van der Waals surface area contributed by atoms with Gasteiger partial charge in [0.1, 0.15) is 11.3 Å². The molecule has 0 aromatic carbocycles. The van der Waals surface area contributed by atoms with E-state index >= 15 is 0 Å². The van der Waals surface area contributed by atoms with Crippen molar-refractivity contribution in [1.29, 1.82) is 0 Å². The SMILES string of the molecule is Cc1nn(C)c(C(=O)NCC(C)(O)CO)c1N. The van der Waals surface area contributed by atoms with E-state index in [1.807, 2.05) is 0 Å². The molecule has 0 fully saturated rings. The molecule has 0 aliphatic heterocycles. The molecule has 0 saturated heterocycles. The first-order valence-electron chi connectivity index (χ1n) is 5.19. The largest absolute Gasteiger partial charge is 0.395 e. The predicted octanol–water partition coefficient (Wildman–Crippen LogP) is -1.22. The maximum absolute atomic E-state index is 11.8. The molecule has 0 aliphatic rings. The average Bonchev–Trinajstić information content (AvgIpc) is 2.50. The van der Waals surface area contributed by atoms with Crippen LogP contribution in [-0.4, -0.2) is 44.7 Å². The van der Waals surface area contributed by atoms with Gasteiger partial charge in [0.2, 0.25) is 0 Å². The summed E-state index contributed by atoms with van der Waals surface area (Å²) in [7, 11) is 1.61. The number of anilines is 1. The average molecular weight is 242 g/mol. The number of carbonyl (C=O) groups excluding carboxylic acids is 1. The molecule has 1 aromatic heterocycles. The molecule has 7 nitrogen and oxygen atoms in total. The number of nitrogens with zero attached hydrogens (tertiary/aromatic N) is 2. The van der Waals surface area contributed by atoms with Crippen molar-refractivity contribution in [3.05, 3.63) is 11.4 Å². The fourth-order valence-electron chi connectivity index (χ4n) is 1.35. The van der Waals surface area contributed by atoms with Gasteiger partial charge >= 0.3 is 0 Å². The van der Waals surface area contributed by atoms with Crippen molar-refractivity contribution in [3.8, 4) is 0 Å². The third-order valence-electron chi connectivity index (χ3n) is 2.45. The molecule has 1 atom stereocenters. The normalized spacial score (nSPS) is 14.4. The number of nitrogens with two attached hydrogens (primary N) is 1. The molecular weight excluding hydrogens is 224 g/mol. The van der Waals surface area contributed by atoms with Gasteiger partial charge in [-0.3, -0.25) is 9.48 Å².